The van der Waals surface area contributed by atoms with E-state index in [-0.39, 0.29) is 11.8 Å². The van der Waals surface area contributed by atoms with Crippen LogP contribution in [0, 0.1) is 5.92 Å². The van der Waals surface area contributed by atoms with Crippen LogP contribution in [0.4, 0.5) is 11.6 Å². The number of rotatable bonds is 3. The van der Waals surface area contributed by atoms with Gasteiger partial charge in [-0.1, -0.05) is 23.2 Å². The standard InChI is InChI=1S/C16H16Cl2N4O/c17-12-4-5-13(18)14(9-12)21-15(23)11-3-1-8-22(10-11)16-19-6-2-7-20-16/h2,4-7,9,11H,1,3,8,10H2,(H,21,23)/t11-/m0/s1. The summed E-state index contributed by atoms with van der Waals surface area (Å²) in [5.41, 5.74) is 0.539. The molecule has 2 heterocycles. The summed E-state index contributed by atoms with van der Waals surface area (Å²) < 4.78 is 0. The molecule has 120 valence electrons. The molecule has 0 saturated carbocycles. The first-order valence-electron chi connectivity index (χ1n) is 7.41. The van der Waals surface area contributed by atoms with Gasteiger partial charge in [-0.3, -0.25) is 4.79 Å². The smallest absolute Gasteiger partial charge is 0.229 e. The largest absolute Gasteiger partial charge is 0.340 e. The second-order valence-corrected chi connectivity index (χ2v) is 6.29. The van der Waals surface area contributed by atoms with E-state index in [0.717, 1.165) is 19.4 Å². The number of benzene rings is 1. The van der Waals surface area contributed by atoms with Crippen LogP contribution < -0.4 is 10.2 Å². The maximum atomic E-state index is 12.5. The molecule has 1 amide bonds. The van der Waals surface area contributed by atoms with Crippen molar-refractivity contribution < 1.29 is 4.79 Å². The van der Waals surface area contributed by atoms with E-state index in [4.69, 9.17) is 23.2 Å². The minimum absolute atomic E-state index is 0.0604. The van der Waals surface area contributed by atoms with Crippen LogP contribution in [0.25, 0.3) is 0 Å². The molecule has 1 aromatic carbocycles. The lowest BCUT2D eigenvalue weighted by molar-refractivity contribution is -0.120. The normalized spacial score (nSPS) is 17.8. The van der Waals surface area contributed by atoms with Gasteiger partial charge in [-0.15, -0.1) is 0 Å². The van der Waals surface area contributed by atoms with Crippen LogP contribution in [0.1, 0.15) is 12.8 Å². The molecule has 1 fully saturated rings. The first-order valence-corrected chi connectivity index (χ1v) is 8.17. The molecule has 3 rings (SSSR count). The minimum Gasteiger partial charge on any atom is -0.340 e. The average molecular weight is 351 g/mol. The number of hydrogen-bond donors (Lipinski definition) is 1. The first-order chi connectivity index (χ1) is 11.1. The molecule has 1 aliphatic rings. The van der Waals surface area contributed by atoms with Gasteiger partial charge in [0, 0.05) is 30.5 Å². The van der Waals surface area contributed by atoms with Crippen LogP contribution in [0.15, 0.2) is 36.7 Å². The van der Waals surface area contributed by atoms with E-state index in [0.29, 0.717) is 28.2 Å². The number of amides is 1. The molecule has 1 aromatic heterocycles. The summed E-state index contributed by atoms with van der Waals surface area (Å²) in [7, 11) is 0. The Hall–Kier alpha value is -1.85. The third-order valence-electron chi connectivity index (χ3n) is 3.81. The maximum absolute atomic E-state index is 12.5. The zero-order chi connectivity index (χ0) is 16.2. The van der Waals surface area contributed by atoms with Gasteiger partial charge in [0.05, 0.1) is 16.6 Å². The lowest BCUT2D eigenvalue weighted by atomic mass is 9.97. The fraction of sp³-hybridized carbons (Fsp3) is 0.312. The SMILES string of the molecule is O=C(Nc1cc(Cl)ccc1Cl)[C@H]1CCCN(c2ncccn2)C1. The fourth-order valence-electron chi connectivity index (χ4n) is 2.66. The molecular weight excluding hydrogens is 335 g/mol. The maximum Gasteiger partial charge on any atom is 0.229 e. The number of nitrogens with one attached hydrogen (secondary N) is 1. The number of aromatic nitrogens is 2. The van der Waals surface area contributed by atoms with Crippen LogP contribution in [-0.2, 0) is 4.79 Å². The molecule has 0 bridgehead atoms. The van der Waals surface area contributed by atoms with E-state index in [1.807, 2.05) is 4.90 Å². The summed E-state index contributed by atoms with van der Waals surface area (Å²) in [4.78, 5) is 23.1. The van der Waals surface area contributed by atoms with Crippen molar-refractivity contribution >= 4 is 40.7 Å². The van der Waals surface area contributed by atoms with Crippen molar-refractivity contribution in [2.24, 2.45) is 5.92 Å². The van der Waals surface area contributed by atoms with Crippen LogP contribution in [0.2, 0.25) is 10.0 Å². The molecule has 0 radical (unpaired) electrons. The number of carbonyl (C=O) groups is 1. The highest BCUT2D eigenvalue weighted by Gasteiger charge is 2.27. The van der Waals surface area contributed by atoms with Gasteiger partial charge in [0.1, 0.15) is 0 Å². The Kier molecular flexibility index (Phi) is 4.98. The summed E-state index contributed by atoms with van der Waals surface area (Å²) >= 11 is 12.1. The Bertz CT molecular complexity index is 696. The number of hydrogen-bond acceptors (Lipinski definition) is 4. The van der Waals surface area contributed by atoms with Gasteiger partial charge in [0.15, 0.2) is 0 Å². The topological polar surface area (TPSA) is 58.1 Å². The van der Waals surface area contributed by atoms with Gasteiger partial charge in [0.25, 0.3) is 0 Å². The second-order valence-electron chi connectivity index (χ2n) is 5.45. The Morgan fingerprint density at radius 1 is 1.26 bits per heavy atom. The molecule has 5 nitrogen and oxygen atoms in total. The van der Waals surface area contributed by atoms with E-state index < -0.39 is 0 Å². The zero-order valence-electron chi connectivity index (χ0n) is 12.4. The lowest BCUT2D eigenvalue weighted by Crippen LogP contribution is -2.41. The van der Waals surface area contributed by atoms with Crippen LogP contribution in [0.5, 0.6) is 0 Å². The third kappa shape index (κ3) is 3.92. The minimum atomic E-state index is -0.136. The van der Waals surface area contributed by atoms with E-state index in [9.17, 15) is 4.79 Å². The number of carbonyl (C=O) groups excluding carboxylic acids is 1. The van der Waals surface area contributed by atoms with Gasteiger partial charge in [-0.25, -0.2) is 9.97 Å². The highest BCUT2D eigenvalue weighted by Crippen LogP contribution is 2.27. The molecule has 2 aromatic rings. The van der Waals surface area contributed by atoms with Gasteiger partial charge >= 0.3 is 0 Å². The molecule has 0 unspecified atom stereocenters. The van der Waals surface area contributed by atoms with Crippen molar-refractivity contribution in [3.63, 3.8) is 0 Å². The molecule has 1 saturated heterocycles. The van der Waals surface area contributed by atoms with Crippen molar-refractivity contribution in [2.75, 3.05) is 23.3 Å². The number of nitrogens with zero attached hydrogens (tertiary/aromatic N) is 3. The summed E-state index contributed by atoms with van der Waals surface area (Å²) in [6, 6.07) is 6.79. The summed E-state index contributed by atoms with van der Waals surface area (Å²) in [5, 5.41) is 3.88. The quantitative estimate of drug-likeness (QED) is 0.917. The predicted molar refractivity (Wildman–Crippen MR) is 92.1 cm³/mol. The summed E-state index contributed by atoms with van der Waals surface area (Å²) in [6.45, 7) is 1.44. The Morgan fingerprint density at radius 3 is 2.83 bits per heavy atom. The highest BCUT2D eigenvalue weighted by atomic mass is 35.5. The summed E-state index contributed by atoms with van der Waals surface area (Å²) in [5.74, 6) is 0.461. The monoisotopic (exact) mass is 350 g/mol. The van der Waals surface area contributed by atoms with Crippen molar-refractivity contribution in [3.8, 4) is 0 Å². The highest BCUT2D eigenvalue weighted by molar-refractivity contribution is 6.35. The van der Waals surface area contributed by atoms with E-state index in [2.05, 4.69) is 15.3 Å². The third-order valence-corrected chi connectivity index (χ3v) is 4.38. The molecule has 1 N–H and O–H groups in total. The molecule has 0 aliphatic carbocycles. The van der Waals surface area contributed by atoms with Crippen molar-refractivity contribution in [2.45, 2.75) is 12.8 Å². The van der Waals surface area contributed by atoms with Crippen LogP contribution >= 0.6 is 23.2 Å². The zero-order valence-corrected chi connectivity index (χ0v) is 13.9. The number of piperidine rings is 1. The predicted octanol–water partition coefficient (Wildman–Crippen LogP) is 3.64. The number of anilines is 2. The van der Waals surface area contributed by atoms with E-state index in [1.165, 1.54) is 0 Å². The van der Waals surface area contributed by atoms with Gasteiger partial charge in [0.2, 0.25) is 11.9 Å². The Balaban J connectivity index is 1.69. The molecule has 1 atom stereocenters. The van der Waals surface area contributed by atoms with E-state index >= 15 is 0 Å². The Labute approximate surface area is 144 Å². The molecule has 7 heteroatoms. The lowest BCUT2D eigenvalue weighted by Gasteiger charge is -2.31. The van der Waals surface area contributed by atoms with Crippen molar-refractivity contribution in [3.05, 3.63) is 46.7 Å². The van der Waals surface area contributed by atoms with Crippen molar-refractivity contribution in [1.29, 1.82) is 0 Å². The van der Waals surface area contributed by atoms with E-state index in [1.54, 1.807) is 36.7 Å². The van der Waals surface area contributed by atoms with Crippen LogP contribution in [-0.4, -0.2) is 29.0 Å². The second kappa shape index (κ2) is 7.15. The average Bonchev–Trinajstić information content (AvgIpc) is 2.59. The number of halogens is 2. The van der Waals surface area contributed by atoms with Gasteiger partial charge in [-0.05, 0) is 37.1 Å². The summed E-state index contributed by atoms with van der Waals surface area (Å²) in [6.07, 6.45) is 5.16. The van der Waals surface area contributed by atoms with Gasteiger partial charge in [-0.2, -0.15) is 0 Å². The van der Waals surface area contributed by atoms with Crippen LogP contribution in [0.3, 0.4) is 0 Å². The first kappa shape index (κ1) is 16.0. The Morgan fingerprint density at radius 2 is 2.04 bits per heavy atom. The fourth-order valence-corrected chi connectivity index (χ4v) is 2.99. The van der Waals surface area contributed by atoms with Gasteiger partial charge < -0.3 is 10.2 Å². The molecule has 23 heavy (non-hydrogen) atoms. The molecule has 0 spiro atoms. The van der Waals surface area contributed by atoms with Crippen molar-refractivity contribution in [1.82, 2.24) is 9.97 Å². The molecule has 1 aliphatic heterocycles. The molecular formula is C16H16Cl2N4O.